The topological polar surface area (TPSA) is 35.2 Å². The molecular weight excluding hydrogens is 254 g/mol. The van der Waals surface area contributed by atoms with E-state index in [0.717, 1.165) is 11.3 Å². The lowest BCUT2D eigenvalue weighted by atomic mass is 9.96. The Morgan fingerprint density at radius 2 is 2.05 bits per heavy atom. The Labute approximate surface area is 119 Å². The van der Waals surface area contributed by atoms with Crippen LogP contribution in [0.2, 0.25) is 0 Å². The molecule has 0 fully saturated rings. The molecule has 0 radical (unpaired) electrons. The number of hydrogen-bond acceptors (Lipinski definition) is 3. The summed E-state index contributed by atoms with van der Waals surface area (Å²) in [6.45, 7) is 7.08. The number of rotatable bonds is 4. The van der Waals surface area contributed by atoms with Crippen molar-refractivity contribution in [1.82, 2.24) is 0 Å². The minimum absolute atomic E-state index is 0.500. The largest absolute Gasteiger partial charge is 0.496 e. The molecule has 2 aromatic rings. The molecule has 0 saturated carbocycles. The Morgan fingerprint density at radius 1 is 1.32 bits per heavy atom. The van der Waals surface area contributed by atoms with E-state index >= 15 is 0 Å². The summed E-state index contributed by atoms with van der Waals surface area (Å²) in [5, 5.41) is 2.14. The maximum Gasteiger partial charge on any atom is 0.127 e. The van der Waals surface area contributed by atoms with Gasteiger partial charge in [0.25, 0.3) is 0 Å². The van der Waals surface area contributed by atoms with Gasteiger partial charge in [-0.05, 0) is 35.4 Å². The SMILES string of the molecule is COc1cc(C(C)C)ccc1-c1c(CN)csc1C. The summed E-state index contributed by atoms with van der Waals surface area (Å²) in [5.74, 6) is 1.43. The van der Waals surface area contributed by atoms with Crippen LogP contribution in [0.4, 0.5) is 0 Å². The molecule has 0 spiro atoms. The zero-order valence-corrected chi connectivity index (χ0v) is 12.8. The standard InChI is InChI=1S/C16H21NOS/c1-10(2)12-5-6-14(15(7-12)18-4)16-11(3)19-9-13(16)8-17/h5-7,9-10H,8,17H2,1-4H3. The Morgan fingerprint density at radius 3 is 2.63 bits per heavy atom. The molecule has 0 aliphatic heterocycles. The van der Waals surface area contributed by atoms with Crippen LogP contribution in [0.15, 0.2) is 23.6 Å². The predicted octanol–water partition coefficient (Wildman–Crippen LogP) is 4.31. The first-order valence-corrected chi connectivity index (χ1v) is 7.41. The van der Waals surface area contributed by atoms with Crippen molar-refractivity contribution in [3.63, 3.8) is 0 Å². The van der Waals surface area contributed by atoms with Crippen molar-refractivity contribution in [2.24, 2.45) is 5.73 Å². The summed E-state index contributed by atoms with van der Waals surface area (Å²) in [5.41, 5.74) is 10.7. The molecule has 102 valence electrons. The van der Waals surface area contributed by atoms with Gasteiger partial charge < -0.3 is 10.5 Å². The number of thiophene rings is 1. The van der Waals surface area contributed by atoms with Crippen molar-refractivity contribution in [3.05, 3.63) is 39.6 Å². The van der Waals surface area contributed by atoms with Crippen molar-refractivity contribution in [2.75, 3.05) is 7.11 Å². The van der Waals surface area contributed by atoms with Crippen LogP contribution in [-0.4, -0.2) is 7.11 Å². The molecule has 1 heterocycles. The summed E-state index contributed by atoms with van der Waals surface area (Å²) < 4.78 is 5.58. The van der Waals surface area contributed by atoms with Gasteiger partial charge in [-0.25, -0.2) is 0 Å². The number of hydrogen-bond donors (Lipinski definition) is 1. The Bertz CT molecular complexity index is 572. The van der Waals surface area contributed by atoms with Crippen molar-refractivity contribution in [1.29, 1.82) is 0 Å². The first kappa shape index (κ1) is 14.1. The number of nitrogens with two attached hydrogens (primary N) is 1. The molecule has 2 rings (SSSR count). The summed E-state index contributed by atoms with van der Waals surface area (Å²) in [6.07, 6.45) is 0. The van der Waals surface area contributed by atoms with Gasteiger partial charge >= 0.3 is 0 Å². The number of benzene rings is 1. The molecule has 0 unspecified atom stereocenters. The van der Waals surface area contributed by atoms with E-state index in [1.54, 1.807) is 18.4 Å². The maximum atomic E-state index is 5.84. The van der Waals surface area contributed by atoms with Crippen LogP contribution >= 0.6 is 11.3 Å². The van der Waals surface area contributed by atoms with Gasteiger partial charge in [-0.1, -0.05) is 26.0 Å². The van der Waals surface area contributed by atoms with Crippen LogP contribution < -0.4 is 10.5 Å². The summed E-state index contributed by atoms with van der Waals surface area (Å²) in [4.78, 5) is 1.29. The third-order valence-electron chi connectivity index (χ3n) is 3.43. The predicted molar refractivity (Wildman–Crippen MR) is 83.0 cm³/mol. The van der Waals surface area contributed by atoms with E-state index in [2.05, 4.69) is 44.4 Å². The van der Waals surface area contributed by atoms with E-state index in [-0.39, 0.29) is 0 Å². The first-order valence-electron chi connectivity index (χ1n) is 6.53. The van der Waals surface area contributed by atoms with Crippen LogP contribution in [0.5, 0.6) is 5.75 Å². The minimum Gasteiger partial charge on any atom is -0.496 e. The average Bonchev–Trinajstić information content (AvgIpc) is 2.78. The lowest BCUT2D eigenvalue weighted by Gasteiger charge is -2.14. The van der Waals surface area contributed by atoms with E-state index < -0.39 is 0 Å². The smallest absolute Gasteiger partial charge is 0.127 e. The normalized spacial score (nSPS) is 11.1. The molecule has 2 N–H and O–H groups in total. The maximum absolute atomic E-state index is 5.84. The second kappa shape index (κ2) is 5.76. The second-order valence-corrected chi connectivity index (χ2v) is 6.09. The van der Waals surface area contributed by atoms with Crippen molar-refractivity contribution < 1.29 is 4.74 Å². The van der Waals surface area contributed by atoms with E-state index in [1.165, 1.54) is 21.6 Å². The third-order valence-corrected chi connectivity index (χ3v) is 4.39. The Hall–Kier alpha value is -1.32. The van der Waals surface area contributed by atoms with Crippen molar-refractivity contribution in [3.8, 4) is 16.9 Å². The van der Waals surface area contributed by atoms with Crippen LogP contribution in [0.25, 0.3) is 11.1 Å². The fraction of sp³-hybridized carbons (Fsp3) is 0.375. The quantitative estimate of drug-likeness (QED) is 0.902. The van der Waals surface area contributed by atoms with Crippen LogP contribution in [-0.2, 0) is 6.54 Å². The van der Waals surface area contributed by atoms with Gasteiger partial charge in [0.15, 0.2) is 0 Å². The summed E-state index contributed by atoms with van der Waals surface area (Å²) >= 11 is 1.74. The van der Waals surface area contributed by atoms with Crippen LogP contribution in [0.3, 0.4) is 0 Å². The second-order valence-electron chi connectivity index (χ2n) is 5.01. The van der Waals surface area contributed by atoms with Crippen molar-refractivity contribution in [2.45, 2.75) is 33.2 Å². The summed E-state index contributed by atoms with van der Waals surface area (Å²) in [6, 6.07) is 6.47. The van der Waals surface area contributed by atoms with Gasteiger partial charge in [0, 0.05) is 22.5 Å². The molecule has 0 bridgehead atoms. The number of ether oxygens (including phenoxy) is 1. The molecule has 0 aliphatic rings. The molecule has 0 amide bonds. The Balaban J connectivity index is 2.58. The van der Waals surface area contributed by atoms with Gasteiger partial charge in [0.1, 0.15) is 5.75 Å². The summed E-state index contributed by atoms with van der Waals surface area (Å²) in [7, 11) is 1.73. The van der Waals surface area contributed by atoms with Gasteiger partial charge in [0.05, 0.1) is 7.11 Å². The average molecular weight is 275 g/mol. The zero-order valence-electron chi connectivity index (χ0n) is 12.0. The van der Waals surface area contributed by atoms with Crippen LogP contribution in [0, 0.1) is 6.92 Å². The molecule has 19 heavy (non-hydrogen) atoms. The molecule has 3 heteroatoms. The lowest BCUT2D eigenvalue weighted by molar-refractivity contribution is 0.415. The molecular formula is C16H21NOS. The Kier molecular flexibility index (Phi) is 4.27. The highest BCUT2D eigenvalue weighted by atomic mass is 32.1. The molecule has 2 nitrogen and oxygen atoms in total. The first-order chi connectivity index (χ1) is 9.08. The molecule has 1 aromatic carbocycles. The third kappa shape index (κ3) is 2.67. The van der Waals surface area contributed by atoms with Gasteiger partial charge in [-0.15, -0.1) is 11.3 Å². The highest BCUT2D eigenvalue weighted by Crippen LogP contribution is 2.39. The zero-order chi connectivity index (χ0) is 14.0. The fourth-order valence-electron chi connectivity index (χ4n) is 2.29. The van der Waals surface area contributed by atoms with Gasteiger partial charge in [-0.3, -0.25) is 0 Å². The van der Waals surface area contributed by atoms with E-state index in [9.17, 15) is 0 Å². The fourth-order valence-corrected chi connectivity index (χ4v) is 3.18. The van der Waals surface area contributed by atoms with E-state index in [0.29, 0.717) is 12.5 Å². The van der Waals surface area contributed by atoms with Gasteiger partial charge in [0.2, 0.25) is 0 Å². The van der Waals surface area contributed by atoms with Crippen molar-refractivity contribution >= 4 is 11.3 Å². The molecule has 0 atom stereocenters. The van der Waals surface area contributed by atoms with Gasteiger partial charge in [-0.2, -0.15) is 0 Å². The molecule has 0 saturated heterocycles. The van der Waals surface area contributed by atoms with E-state index in [1.807, 2.05) is 0 Å². The van der Waals surface area contributed by atoms with Crippen LogP contribution in [0.1, 0.15) is 35.8 Å². The molecule has 1 aromatic heterocycles. The molecule has 0 aliphatic carbocycles. The monoisotopic (exact) mass is 275 g/mol. The highest BCUT2D eigenvalue weighted by Gasteiger charge is 2.15. The number of methoxy groups -OCH3 is 1. The highest BCUT2D eigenvalue weighted by molar-refractivity contribution is 7.10. The minimum atomic E-state index is 0.500. The lowest BCUT2D eigenvalue weighted by Crippen LogP contribution is -1.98. The number of aryl methyl sites for hydroxylation is 1. The van der Waals surface area contributed by atoms with E-state index in [4.69, 9.17) is 10.5 Å².